The number of hydrogen-bond acceptors (Lipinski definition) is 10. The Hall–Kier alpha value is -2.03. The summed E-state index contributed by atoms with van der Waals surface area (Å²) in [5, 5.41) is 28.4. The number of hydrogen-bond donors (Lipinski definition) is 6. The molecule has 0 bridgehead atoms. The number of aliphatic hydroxyl groups is 2. The van der Waals surface area contributed by atoms with Gasteiger partial charge < -0.3 is 39.5 Å². The smallest absolute Gasteiger partial charge is 0.340 e. The van der Waals surface area contributed by atoms with E-state index in [4.69, 9.17) is 30.6 Å². The van der Waals surface area contributed by atoms with E-state index in [1.165, 1.54) is 18.3 Å². The van der Waals surface area contributed by atoms with Crippen molar-refractivity contribution in [2.75, 3.05) is 17.8 Å². The highest BCUT2D eigenvalue weighted by Crippen LogP contribution is 2.55. The van der Waals surface area contributed by atoms with Crippen LogP contribution in [0.4, 0.5) is 10.2 Å². The van der Waals surface area contributed by atoms with Crippen LogP contribution < -0.4 is 5.32 Å². The molecular weight excluding hydrogens is 559 g/mol. The second-order valence-electron chi connectivity index (χ2n) is 8.37. The zero-order valence-electron chi connectivity index (χ0n) is 19.0. The first kappa shape index (κ1) is 28.0. The van der Waals surface area contributed by atoms with Crippen molar-refractivity contribution in [2.24, 2.45) is 0 Å². The first-order valence-corrected chi connectivity index (χ1v) is 14.6. The van der Waals surface area contributed by atoms with E-state index in [0.717, 1.165) is 4.68 Å². The first-order chi connectivity index (χ1) is 17.2. The van der Waals surface area contributed by atoms with Crippen LogP contribution in [0.5, 0.6) is 0 Å². The number of halogens is 2. The monoisotopic (exact) mass is 581 g/mol. The van der Waals surface area contributed by atoms with E-state index in [0.29, 0.717) is 10.9 Å². The summed E-state index contributed by atoms with van der Waals surface area (Å²) in [5.41, 5.74) is 0.747. The summed E-state index contributed by atoms with van der Waals surface area (Å²) >= 11 is 6.10. The molecule has 0 saturated carbocycles. The molecule has 1 fully saturated rings. The van der Waals surface area contributed by atoms with Gasteiger partial charge in [-0.3, -0.25) is 9.13 Å². The summed E-state index contributed by atoms with van der Waals surface area (Å²) in [5.74, 6) is -1.57. The average Bonchev–Trinajstić information content (AvgIpc) is 3.32. The second-order valence-corrected chi connectivity index (χ2v) is 12.7. The van der Waals surface area contributed by atoms with Gasteiger partial charge in [0.25, 0.3) is 0 Å². The van der Waals surface area contributed by atoms with Crippen LogP contribution in [0.1, 0.15) is 24.8 Å². The lowest BCUT2D eigenvalue weighted by Crippen LogP contribution is -2.33. The van der Waals surface area contributed by atoms with Crippen molar-refractivity contribution in [2.45, 2.75) is 37.5 Å². The van der Waals surface area contributed by atoms with Crippen molar-refractivity contribution in [3.8, 4) is 0 Å². The Bertz CT molecular complexity index is 1390. The molecule has 3 heterocycles. The summed E-state index contributed by atoms with van der Waals surface area (Å²) < 4.78 is 48.0. The summed E-state index contributed by atoms with van der Waals surface area (Å²) in [6.45, 7) is 1.02. The molecular formula is C19H23ClFN5O9P2. The molecule has 6 N–H and O–H groups in total. The molecule has 0 aliphatic carbocycles. The molecule has 1 aliphatic heterocycles. The van der Waals surface area contributed by atoms with Crippen molar-refractivity contribution < 1.29 is 47.7 Å². The molecule has 1 aromatic carbocycles. The van der Waals surface area contributed by atoms with Crippen LogP contribution in [0.25, 0.3) is 11.0 Å². The van der Waals surface area contributed by atoms with Gasteiger partial charge in [0.1, 0.15) is 29.9 Å². The number of benzene rings is 1. The number of anilines is 1. The molecule has 4 rings (SSSR count). The molecule has 2 aromatic heterocycles. The van der Waals surface area contributed by atoms with E-state index in [1.54, 1.807) is 19.1 Å². The van der Waals surface area contributed by atoms with Gasteiger partial charge in [-0.2, -0.15) is 15.1 Å². The average molecular weight is 582 g/mol. The van der Waals surface area contributed by atoms with Gasteiger partial charge in [-0.15, -0.1) is 0 Å². The zero-order chi connectivity index (χ0) is 27.1. The summed E-state index contributed by atoms with van der Waals surface area (Å²) in [6, 6.07) is 5.57. The largest absolute Gasteiger partial charge is 0.387 e. The van der Waals surface area contributed by atoms with Gasteiger partial charge in [0.05, 0.1) is 24.2 Å². The number of nitrogens with one attached hydrogen (secondary N) is 1. The van der Waals surface area contributed by atoms with Crippen LogP contribution in [0.3, 0.4) is 0 Å². The second kappa shape index (κ2) is 10.6. The fraction of sp³-hybridized carbons (Fsp3) is 0.421. The van der Waals surface area contributed by atoms with Crippen molar-refractivity contribution >= 4 is 43.6 Å². The maximum absolute atomic E-state index is 13.6. The lowest BCUT2D eigenvalue weighted by Gasteiger charge is -2.18. The van der Waals surface area contributed by atoms with Gasteiger partial charge in [0.2, 0.25) is 5.28 Å². The van der Waals surface area contributed by atoms with Crippen LogP contribution in [-0.4, -0.2) is 75.5 Å². The van der Waals surface area contributed by atoms with Crippen molar-refractivity contribution in [3.63, 3.8) is 0 Å². The highest BCUT2D eigenvalue weighted by atomic mass is 35.5. The number of aromatic nitrogens is 4. The Labute approximate surface area is 213 Å². The quantitative estimate of drug-likeness (QED) is 0.157. The molecule has 0 spiro atoms. The van der Waals surface area contributed by atoms with E-state index in [-0.39, 0.29) is 16.7 Å². The van der Waals surface area contributed by atoms with Crippen molar-refractivity contribution in [1.29, 1.82) is 0 Å². The fourth-order valence-corrected chi connectivity index (χ4v) is 6.53. The van der Waals surface area contributed by atoms with E-state index in [1.807, 2.05) is 0 Å². The summed E-state index contributed by atoms with van der Waals surface area (Å²) in [6.07, 6.45) is -4.52. The van der Waals surface area contributed by atoms with E-state index in [9.17, 15) is 28.6 Å². The molecule has 6 atom stereocenters. The summed E-state index contributed by atoms with van der Waals surface area (Å²) in [7, 11) is -9.57. The summed E-state index contributed by atoms with van der Waals surface area (Å²) in [4.78, 5) is 35.7. The number of aliphatic hydroxyl groups excluding tert-OH is 2. The molecule has 202 valence electrons. The van der Waals surface area contributed by atoms with Gasteiger partial charge in [-0.25, -0.2) is 9.07 Å². The van der Waals surface area contributed by atoms with Gasteiger partial charge >= 0.3 is 15.2 Å². The molecule has 37 heavy (non-hydrogen) atoms. The minimum atomic E-state index is -4.85. The van der Waals surface area contributed by atoms with Crippen LogP contribution in [0.2, 0.25) is 5.28 Å². The molecule has 0 amide bonds. The lowest BCUT2D eigenvalue weighted by molar-refractivity contribution is -0.0541. The third kappa shape index (κ3) is 6.52. The molecule has 2 unspecified atom stereocenters. The van der Waals surface area contributed by atoms with Crippen LogP contribution in [-0.2, 0) is 18.4 Å². The van der Waals surface area contributed by atoms with Gasteiger partial charge in [0.15, 0.2) is 17.8 Å². The van der Waals surface area contributed by atoms with Crippen LogP contribution in [0, 0.1) is 5.82 Å². The molecule has 0 radical (unpaired) electrons. The predicted octanol–water partition coefficient (Wildman–Crippen LogP) is 1.75. The highest BCUT2D eigenvalue weighted by molar-refractivity contribution is 7.70. The Kier molecular flexibility index (Phi) is 8.03. The Morgan fingerprint density at radius 2 is 1.97 bits per heavy atom. The maximum atomic E-state index is 13.6. The Morgan fingerprint density at radius 3 is 2.65 bits per heavy atom. The lowest BCUT2D eigenvalue weighted by atomic mass is 10.1. The molecule has 1 aliphatic rings. The molecule has 3 aromatic rings. The third-order valence-electron chi connectivity index (χ3n) is 5.51. The van der Waals surface area contributed by atoms with Gasteiger partial charge in [-0.1, -0.05) is 12.1 Å². The van der Waals surface area contributed by atoms with E-state index >= 15 is 0 Å². The third-order valence-corrected chi connectivity index (χ3v) is 9.14. The van der Waals surface area contributed by atoms with Crippen molar-refractivity contribution in [3.05, 3.63) is 47.1 Å². The molecule has 1 saturated heterocycles. The number of nitrogens with zero attached hydrogens (tertiary/aromatic N) is 4. The topological polar surface area (TPSA) is 209 Å². The van der Waals surface area contributed by atoms with Crippen LogP contribution in [0.15, 0.2) is 30.5 Å². The van der Waals surface area contributed by atoms with Crippen molar-refractivity contribution in [1.82, 2.24) is 19.7 Å². The molecule has 14 nitrogen and oxygen atoms in total. The number of fused-ring (bicyclic) bond motifs is 1. The first-order valence-electron chi connectivity index (χ1n) is 10.7. The maximum Gasteiger partial charge on any atom is 0.340 e. The standard InChI is InChI=1S/C19H23ClFN5O9P2/c1-9(10-3-2-4-11(21)5-10)23-16-12-6-22-26(17(12)25-19(20)24-16)18-15(28)14(27)13(35-18)7-34-37(32,33)8-36(29,30)31/h2-6,9,13-15,18,27-28H,7-8H2,1H3,(H,32,33)(H,23,24,25)(H2,29,30,31)/t9?,13-,14-,15-,18-/m1/s1. The zero-order valence-corrected chi connectivity index (χ0v) is 21.5. The van der Waals surface area contributed by atoms with E-state index < -0.39 is 64.1 Å². The Balaban J connectivity index is 1.55. The minimum absolute atomic E-state index is 0.112. The highest BCUT2D eigenvalue weighted by Gasteiger charge is 2.46. The van der Waals surface area contributed by atoms with Gasteiger partial charge in [0, 0.05) is 0 Å². The predicted molar refractivity (Wildman–Crippen MR) is 127 cm³/mol. The fourth-order valence-electron chi connectivity index (χ4n) is 3.79. The number of rotatable bonds is 9. The van der Waals surface area contributed by atoms with Gasteiger partial charge in [-0.05, 0) is 36.2 Å². The molecule has 18 heteroatoms. The Morgan fingerprint density at radius 1 is 1.24 bits per heavy atom. The SMILES string of the molecule is CC(Nc1nc(Cl)nc2c1cnn2[C@@H]1O[C@H](COP(=O)(O)CP(=O)(O)O)[C@@H](O)[C@H]1O)c1cccc(F)c1. The number of ether oxygens (including phenoxy) is 1. The van der Waals surface area contributed by atoms with E-state index in [2.05, 4.69) is 20.4 Å². The normalized spacial score (nSPS) is 24.8. The van der Waals surface area contributed by atoms with Crippen LogP contribution >= 0.6 is 26.8 Å². The minimum Gasteiger partial charge on any atom is -0.387 e.